The lowest BCUT2D eigenvalue weighted by atomic mass is 10.3. The average molecular weight is 291 g/mol. The third-order valence-corrected chi connectivity index (χ3v) is 2.85. The van der Waals surface area contributed by atoms with Crippen LogP contribution in [0.25, 0.3) is 11.0 Å². The fourth-order valence-corrected chi connectivity index (χ4v) is 1.95. The van der Waals surface area contributed by atoms with Gasteiger partial charge in [0.1, 0.15) is 5.75 Å². The molecule has 1 heterocycles. The molecule has 0 atom stereocenters. The maximum Gasteiger partial charge on any atom is 0.412 e. The van der Waals surface area contributed by atoms with Gasteiger partial charge in [-0.25, -0.2) is 9.59 Å². The molecule has 0 saturated heterocycles. The highest BCUT2D eigenvalue weighted by Gasteiger charge is 2.08. The van der Waals surface area contributed by atoms with E-state index in [1.165, 1.54) is 4.57 Å². The van der Waals surface area contributed by atoms with E-state index >= 15 is 0 Å². The Labute approximate surface area is 121 Å². The number of hydrogen-bond donors (Lipinski definition) is 2. The Kier molecular flexibility index (Phi) is 4.32. The lowest BCUT2D eigenvalue weighted by Crippen LogP contribution is -2.30. The number of rotatable bonds is 5. The van der Waals surface area contributed by atoms with Crippen molar-refractivity contribution in [1.82, 2.24) is 14.9 Å². The highest BCUT2D eigenvalue weighted by atomic mass is 16.6. The summed E-state index contributed by atoms with van der Waals surface area (Å²) < 4.78 is 11.4. The van der Waals surface area contributed by atoms with Crippen LogP contribution >= 0.6 is 0 Å². The van der Waals surface area contributed by atoms with Crippen LogP contribution in [0.1, 0.15) is 6.92 Å². The number of H-pyrrole nitrogens is 1. The number of hydrogen-bond acceptors (Lipinski definition) is 4. The molecule has 0 aliphatic carbocycles. The first-order valence-electron chi connectivity index (χ1n) is 6.39. The van der Waals surface area contributed by atoms with E-state index in [9.17, 15) is 9.59 Å². The number of nitrogens with one attached hydrogen (secondary N) is 2. The van der Waals surface area contributed by atoms with Gasteiger partial charge in [-0.3, -0.25) is 4.57 Å². The number of allylic oxidation sites excluding steroid dienone is 1. The van der Waals surface area contributed by atoms with E-state index in [1.807, 2.05) is 0 Å². The van der Waals surface area contributed by atoms with E-state index in [2.05, 4.69) is 16.9 Å². The summed E-state index contributed by atoms with van der Waals surface area (Å²) in [6.45, 7) is 5.63. The first-order valence-corrected chi connectivity index (χ1v) is 6.39. The van der Waals surface area contributed by atoms with Crippen LogP contribution in [-0.4, -0.2) is 29.3 Å². The molecule has 2 aromatic rings. The molecule has 2 N–H and O–H groups in total. The summed E-state index contributed by atoms with van der Waals surface area (Å²) in [6.07, 6.45) is -0.590. The molecule has 0 aliphatic rings. The second kappa shape index (κ2) is 6.17. The zero-order valence-corrected chi connectivity index (χ0v) is 11.9. The number of alkyl carbamates (subject to hydrolysis) is 1. The van der Waals surface area contributed by atoms with Gasteiger partial charge in [0, 0.05) is 19.2 Å². The lowest BCUT2D eigenvalue weighted by Gasteiger charge is -2.07. The maximum atomic E-state index is 11.9. The van der Waals surface area contributed by atoms with Gasteiger partial charge in [0.15, 0.2) is 0 Å². The van der Waals surface area contributed by atoms with Gasteiger partial charge in [0.05, 0.1) is 23.9 Å². The van der Waals surface area contributed by atoms with Gasteiger partial charge in [-0.1, -0.05) is 6.58 Å². The van der Waals surface area contributed by atoms with Gasteiger partial charge < -0.3 is 19.8 Å². The SMILES string of the molecule is C=C(C)OC(=O)NCCn1c(=O)[nH]c2ccc(OC)cc21. The number of methoxy groups -OCH3 is 1. The van der Waals surface area contributed by atoms with Crippen LogP contribution in [0.2, 0.25) is 0 Å². The van der Waals surface area contributed by atoms with Crippen LogP contribution in [0, 0.1) is 0 Å². The third kappa shape index (κ3) is 3.44. The molecule has 0 saturated carbocycles. The zero-order valence-electron chi connectivity index (χ0n) is 11.9. The van der Waals surface area contributed by atoms with E-state index in [0.29, 0.717) is 23.6 Å². The number of ether oxygens (including phenoxy) is 2. The molecule has 2 rings (SSSR count). The Morgan fingerprint density at radius 1 is 1.48 bits per heavy atom. The first kappa shape index (κ1) is 14.7. The average Bonchev–Trinajstić information content (AvgIpc) is 2.73. The quantitative estimate of drug-likeness (QED) is 0.819. The van der Waals surface area contributed by atoms with E-state index < -0.39 is 6.09 Å². The fourth-order valence-electron chi connectivity index (χ4n) is 1.95. The van der Waals surface area contributed by atoms with Crippen LogP contribution < -0.4 is 15.7 Å². The number of fused-ring (bicyclic) bond motifs is 1. The monoisotopic (exact) mass is 291 g/mol. The molecule has 21 heavy (non-hydrogen) atoms. The summed E-state index contributed by atoms with van der Waals surface area (Å²) in [6, 6.07) is 5.30. The number of carbonyl (C=O) groups excluding carboxylic acids is 1. The number of benzene rings is 1. The second-order valence-corrected chi connectivity index (χ2v) is 4.48. The Morgan fingerprint density at radius 3 is 2.90 bits per heavy atom. The van der Waals surface area contributed by atoms with Crippen molar-refractivity contribution in [2.75, 3.05) is 13.7 Å². The highest BCUT2D eigenvalue weighted by molar-refractivity contribution is 5.77. The molecule has 7 heteroatoms. The Bertz CT molecular complexity index is 729. The van der Waals surface area contributed by atoms with Gasteiger partial charge in [0.25, 0.3) is 0 Å². The number of imidazole rings is 1. The number of amides is 1. The van der Waals surface area contributed by atoms with E-state index in [4.69, 9.17) is 9.47 Å². The second-order valence-electron chi connectivity index (χ2n) is 4.48. The highest BCUT2D eigenvalue weighted by Crippen LogP contribution is 2.17. The summed E-state index contributed by atoms with van der Waals surface area (Å²) in [5, 5.41) is 2.55. The summed E-state index contributed by atoms with van der Waals surface area (Å²) in [7, 11) is 1.56. The molecule has 1 aromatic carbocycles. The van der Waals surface area contributed by atoms with Crippen molar-refractivity contribution in [2.24, 2.45) is 0 Å². The maximum absolute atomic E-state index is 11.9. The number of carbonyl (C=O) groups is 1. The van der Waals surface area contributed by atoms with Gasteiger partial charge in [0.2, 0.25) is 0 Å². The van der Waals surface area contributed by atoms with Crippen LogP contribution in [-0.2, 0) is 11.3 Å². The fraction of sp³-hybridized carbons (Fsp3) is 0.286. The molecular weight excluding hydrogens is 274 g/mol. The molecule has 7 nitrogen and oxygen atoms in total. The Hall–Kier alpha value is -2.70. The molecule has 1 amide bonds. The van der Waals surface area contributed by atoms with Crippen molar-refractivity contribution >= 4 is 17.1 Å². The molecule has 0 spiro atoms. The topological polar surface area (TPSA) is 85.4 Å². The van der Waals surface area contributed by atoms with Crippen molar-refractivity contribution in [1.29, 1.82) is 0 Å². The van der Waals surface area contributed by atoms with Crippen molar-refractivity contribution in [3.63, 3.8) is 0 Å². The molecule has 1 aromatic heterocycles. The molecule has 0 aliphatic heterocycles. The van der Waals surface area contributed by atoms with Crippen molar-refractivity contribution in [2.45, 2.75) is 13.5 Å². The van der Waals surface area contributed by atoms with Crippen LogP contribution in [0.4, 0.5) is 4.79 Å². The standard InChI is InChI=1S/C14H17N3O4/c1-9(2)21-14(19)15-6-7-17-12-8-10(20-3)4-5-11(12)16-13(17)18/h4-5,8H,1,6-7H2,2-3H3,(H,15,19)(H,16,18). The predicted molar refractivity (Wildman–Crippen MR) is 78.4 cm³/mol. The Balaban J connectivity index is 2.11. The summed E-state index contributed by atoms with van der Waals surface area (Å²) in [5.41, 5.74) is 1.19. The largest absolute Gasteiger partial charge is 0.497 e. The van der Waals surface area contributed by atoms with Gasteiger partial charge in [-0.15, -0.1) is 0 Å². The van der Waals surface area contributed by atoms with Gasteiger partial charge >= 0.3 is 11.8 Å². The molecule has 0 fully saturated rings. The van der Waals surface area contributed by atoms with Crippen LogP contribution in [0.15, 0.2) is 35.3 Å². The smallest absolute Gasteiger partial charge is 0.412 e. The van der Waals surface area contributed by atoms with E-state index in [-0.39, 0.29) is 12.2 Å². The van der Waals surface area contributed by atoms with Crippen molar-refractivity contribution < 1.29 is 14.3 Å². The zero-order chi connectivity index (χ0) is 15.4. The summed E-state index contributed by atoms with van der Waals surface area (Å²) >= 11 is 0. The van der Waals surface area contributed by atoms with Crippen LogP contribution in [0.5, 0.6) is 5.75 Å². The number of nitrogens with zero attached hydrogens (tertiary/aromatic N) is 1. The number of aromatic nitrogens is 2. The van der Waals surface area contributed by atoms with Gasteiger partial charge in [-0.2, -0.15) is 0 Å². The lowest BCUT2D eigenvalue weighted by molar-refractivity contribution is 0.176. The van der Waals surface area contributed by atoms with Gasteiger partial charge in [-0.05, 0) is 19.1 Å². The normalized spacial score (nSPS) is 10.4. The minimum absolute atomic E-state index is 0.242. The third-order valence-electron chi connectivity index (χ3n) is 2.85. The summed E-state index contributed by atoms with van der Waals surface area (Å²) in [4.78, 5) is 26.0. The molecular formula is C14H17N3O4. The Morgan fingerprint density at radius 2 is 2.24 bits per heavy atom. The van der Waals surface area contributed by atoms with Crippen molar-refractivity contribution in [3.8, 4) is 5.75 Å². The van der Waals surface area contributed by atoms with Crippen LogP contribution in [0.3, 0.4) is 0 Å². The van der Waals surface area contributed by atoms with E-state index in [1.54, 1.807) is 32.2 Å². The molecule has 0 radical (unpaired) electrons. The molecule has 0 unspecified atom stereocenters. The minimum atomic E-state index is -0.590. The van der Waals surface area contributed by atoms with E-state index in [0.717, 1.165) is 5.52 Å². The van der Waals surface area contributed by atoms with Crippen molar-refractivity contribution in [3.05, 3.63) is 41.0 Å². The number of aromatic amines is 1. The molecule has 0 bridgehead atoms. The summed E-state index contributed by atoms with van der Waals surface area (Å²) in [5.74, 6) is 0.964. The first-order chi connectivity index (χ1) is 10.0. The molecule has 112 valence electrons. The predicted octanol–water partition coefficient (Wildman–Crippen LogP) is 1.60. The minimum Gasteiger partial charge on any atom is -0.497 e.